The van der Waals surface area contributed by atoms with Crippen LogP contribution in [0.5, 0.6) is 0 Å². The third-order valence-electron chi connectivity index (χ3n) is 4.06. The second-order valence-corrected chi connectivity index (χ2v) is 5.48. The molecule has 0 amide bonds. The van der Waals surface area contributed by atoms with E-state index in [0.29, 0.717) is 6.04 Å². The summed E-state index contributed by atoms with van der Waals surface area (Å²) in [5.74, 6) is 0.797. The number of H-pyrrole nitrogens is 1. The van der Waals surface area contributed by atoms with Crippen molar-refractivity contribution >= 4 is 5.69 Å². The van der Waals surface area contributed by atoms with E-state index < -0.39 is 0 Å². The molecule has 2 heterocycles. The maximum absolute atomic E-state index is 11.3. The Hall–Kier alpha value is -2.08. The van der Waals surface area contributed by atoms with Gasteiger partial charge >= 0.3 is 5.69 Å². The number of aromatic amines is 1. The van der Waals surface area contributed by atoms with Gasteiger partial charge in [0, 0.05) is 44.8 Å². The summed E-state index contributed by atoms with van der Waals surface area (Å²) in [4.78, 5) is 13.7. The van der Waals surface area contributed by atoms with Gasteiger partial charge in [-0.25, -0.2) is 9.89 Å². The van der Waals surface area contributed by atoms with Gasteiger partial charge in [-0.05, 0) is 18.6 Å². The first-order valence-corrected chi connectivity index (χ1v) is 7.37. The highest BCUT2D eigenvalue weighted by molar-refractivity contribution is 5.47. The predicted octanol–water partition coefficient (Wildman–Crippen LogP) is 0.519. The van der Waals surface area contributed by atoms with Crippen molar-refractivity contribution in [2.45, 2.75) is 18.9 Å². The van der Waals surface area contributed by atoms with Crippen LogP contribution in [0, 0.1) is 0 Å². The van der Waals surface area contributed by atoms with E-state index in [9.17, 15) is 4.79 Å². The Morgan fingerprint density at radius 2 is 2.19 bits per heavy atom. The van der Waals surface area contributed by atoms with Crippen LogP contribution < -0.4 is 15.9 Å². The predicted molar refractivity (Wildman–Crippen MR) is 82.6 cm³/mol. The normalized spacial score (nSPS) is 18.3. The van der Waals surface area contributed by atoms with Gasteiger partial charge in [-0.1, -0.05) is 18.2 Å². The molecule has 2 N–H and O–H groups in total. The van der Waals surface area contributed by atoms with Gasteiger partial charge < -0.3 is 10.2 Å². The molecule has 1 unspecified atom stereocenters. The molecular weight excluding hydrogens is 266 g/mol. The Morgan fingerprint density at radius 1 is 1.38 bits per heavy atom. The summed E-state index contributed by atoms with van der Waals surface area (Å²) in [6.07, 6.45) is 1.91. The van der Waals surface area contributed by atoms with E-state index >= 15 is 0 Å². The summed E-state index contributed by atoms with van der Waals surface area (Å²) in [7, 11) is 1.74. The molecule has 112 valence electrons. The van der Waals surface area contributed by atoms with E-state index in [-0.39, 0.29) is 5.69 Å². The molecule has 1 saturated heterocycles. The molecule has 0 spiro atoms. The third-order valence-corrected chi connectivity index (χ3v) is 4.06. The standard InChI is InChI=1S/C15H21N5O/c1-19-14(17-18-15(19)21)7-9-16-12-8-10-20(11-12)13-5-3-2-4-6-13/h2-6,12,16H,7-11H2,1H3,(H,18,21). The van der Waals surface area contributed by atoms with E-state index in [4.69, 9.17) is 0 Å². The number of benzene rings is 1. The van der Waals surface area contributed by atoms with Crippen molar-refractivity contribution in [2.75, 3.05) is 24.5 Å². The molecular formula is C15H21N5O. The van der Waals surface area contributed by atoms with Crippen molar-refractivity contribution in [2.24, 2.45) is 7.05 Å². The van der Waals surface area contributed by atoms with E-state index in [2.05, 4.69) is 44.7 Å². The fraction of sp³-hybridized carbons (Fsp3) is 0.467. The lowest BCUT2D eigenvalue weighted by Gasteiger charge is -2.18. The van der Waals surface area contributed by atoms with Crippen LogP contribution in [0.2, 0.25) is 0 Å². The third kappa shape index (κ3) is 3.16. The van der Waals surface area contributed by atoms with Gasteiger partial charge in [0.25, 0.3) is 0 Å². The molecule has 0 bridgehead atoms. The van der Waals surface area contributed by atoms with Crippen LogP contribution in [-0.2, 0) is 13.5 Å². The van der Waals surface area contributed by atoms with Crippen molar-refractivity contribution < 1.29 is 0 Å². The minimum atomic E-state index is -0.152. The summed E-state index contributed by atoms with van der Waals surface area (Å²) in [6.45, 7) is 2.96. The Balaban J connectivity index is 1.47. The monoisotopic (exact) mass is 287 g/mol. The smallest absolute Gasteiger partial charge is 0.343 e. The molecule has 1 atom stereocenters. The summed E-state index contributed by atoms with van der Waals surface area (Å²) < 4.78 is 1.56. The van der Waals surface area contributed by atoms with Gasteiger partial charge in [-0.2, -0.15) is 5.10 Å². The van der Waals surface area contributed by atoms with Gasteiger partial charge in [0.2, 0.25) is 0 Å². The van der Waals surface area contributed by atoms with E-state index in [1.165, 1.54) is 5.69 Å². The first-order chi connectivity index (χ1) is 10.2. The number of rotatable bonds is 5. The number of nitrogens with one attached hydrogen (secondary N) is 2. The van der Waals surface area contributed by atoms with Gasteiger partial charge in [0.1, 0.15) is 5.82 Å². The highest BCUT2D eigenvalue weighted by Gasteiger charge is 2.21. The van der Waals surface area contributed by atoms with Crippen LogP contribution in [0.25, 0.3) is 0 Å². The fourth-order valence-electron chi connectivity index (χ4n) is 2.79. The second kappa shape index (κ2) is 6.13. The maximum atomic E-state index is 11.3. The molecule has 0 radical (unpaired) electrons. The molecule has 3 rings (SSSR count). The average molecular weight is 287 g/mol. The Kier molecular flexibility index (Phi) is 4.06. The van der Waals surface area contributed by atoms with Gasteiger partial charge in [-0.15, -0.1) is 0 Å². The van der Waals surface area contributed by atoms with Crippen LogP contribution >= 0.6 is 0 Å². The number of nitrogens with zero attached hydrogens (tertiary/aromatic N) is 3. The topological polar surface area (TPSA) is 66.0 Å². The lowest BCUT2D eigenvalue weighted by molar-refractivity contribution is 0.544. The molecule has 2 aromatic rings. The summed E-state index contributed by atoms with van der Waals surface area (Å²) in [5, 5.41) is 10.0. The zero-order valence-corrected chi connectivity index (χ0v) is 12.2. The zero-order valence-electron chi connectivity index (χ0n) is 12.2. The van der Waals surface area contributed by atoms with Crippen molar-refractivity contribution in [3.8, 4) is 0 Å². The second-order valence-electron chi connectivity index (χ2n) is 5.48. The average Bonchev–Trinajstić information content (AvgIpc) is 3.10. The minimum absolute atomic E-state index is 0.152. The number of hydrogen-bond donors (Lipinski definition) is 2. The number of aromatic nitrogens is 3. The summed E-state index contributed by atoms with van der Waals surface area (Å²) >= 11 is 0. The molecule has 1 fully saturated rings. The molecule has 0 saturated carbocycles. The van der Waals surface area contributed by atoms with E-state index in [0.717, 1.165) is 38.3 Å². The Morgan fingerprint density at radius 3 is 2.90 bits per heavy atom. The van der Waals surface area contributed by atoms with Crippen LogP contribution in [0.3, 0.4) is 0 Å². The summed E-state index contributed by atoms with van der Waals surface area (Å²) in [5.41, 5.74) is 1.14. The Bertz CT molecular complexity index is 633. The molecule has 1 aliphatic heterocycles. The number of para-hydroxylation sites is 1. The largest absolute Gasteiger partial charge is 0.370 e. The maximum Gasteiger partial charge on any atom is 0.343 e. The molecule has 6 heteroatoms. The molecule has 1 aromatic heterocycles. The van der Waals surface area contributed by atoms with Crippen molar-refractivity contribution in [3.63, 3.8) is 0 Å². The van der Waals surface area contributed by atoms with Gasteiger partial charge in [0.15, 0.2) is 0 Å². The quantitative estimate of drug-likeness (QED) is 0.841. The number of anilines is 1. The van der Waals surface area contributed by atoms with E-state index in [1.54, 1.807) is 11.6 Å². The van der Waals surface area contributed by atoms with Gasteiger partial charge in [0.05, 0.1) is 0 Å². The molecule has 1 aromatic carbocycles. The zero-order chi connectivity index (χ0) is 14.7. The lowest BCUT2D eigenvalue weighted by Crippen LogP contribution is -2.34. The fourth-order valence-corrected chi connectivity index (χ4v) is 2.79. The Labute approximate surface area is 123 Å². The first kappa shape index (κ1) is 13.9. The van der Waals surface area contributed by atoms with Crippen molar-refractivity contribution in [1.29, 1.82) is 0 Å². The van der Waals surface area contributed by atoms with Crippen LogP contribution in [0.4, 0.5) is 5.69 Å². The minimum Gasteiger partial charge on any atom is -0.370 e. The highest BCUT2D eigenvalue weighted by atomic mass is 16.1. The first-order valence-electron chi connectivity index (χ1n) is 7.37. The molecule has 6 nitrogen and oxygen atoms in total. The molecule has 1 aliphatic rings. The number of hydrogen-bond acceptors (Lipinski definition) is 4. The van der Waals surface area contributed by atoms with Crippen LogP contribution in [0.1, 0.15) is 12.2 Å². The van der Waals surface area contributed by atoms with Crippen molar-refractivity contribution in [1.82, 2.24) is 20.1 Å². The van der Waals surface area contributed by atoms with E-state index in [1.807, 2.05) is 6.07 Å². The highest BCUT2D eigenvalue weighted by Crippen LogP contribution is 2.19. The van der Waals surface area contributed by atoms with Crippen molar-refractivity contribution in [3.05, 3.63) is 46.6 Å². The summed E-state index contributed by atoms with van der Waals surface area (Å²) in [6, 6.07) is 11.0. The van der Waals surface area contributed by atoms with Gasteiger partial charge in [-0.3, -0.25) is 4.57 Å². The van der Waals surface area contributed by atoms with Crippen LogP contribution in [-0.4, -0.2) is 40.4 Å². The lowest BCUT2D eigenvalue weighted by atomic mass is 10.2. The SMILES string of the molecule is Cn1c(CCNC2CCN(c3ccccc3)C2)n[nH]c1=O. The van der Waals surface area contributed by atoms with Crippen LogP contribution in [0.15, 0.2) is 35.1 Å². The molecule has 0 aliphatic carbocycles. The molecule has 21 heavy (non-hydrogen) atoms.